The van der Waals surface area contributed by atoms with Crippen LogP contribution in [0, 0.1) is 12.3 Å². The van der Waals surface area contributed by atoms with Crippen molar-refractivity contribution in [3.8, 4) is 5.75 Å². The van der Waals surface area contributed by atoms with Crippen molar-refractivity contribution in [2.75, 3.05) is 43.1 Å². The highest BCUT2D eigenvalue weighted by molar-refractivity contribution is 5.95. The molecule has 3 rings (SSSR count). The average Bonchev–Trinajstić information content (AvgIpc) is 2.74. The number of anilines is 2. The van der Waals surface area contributed by atoms with E-state index >= 15 is 0 Å². The van der Waals surface area contributed by atoms with Gasteiger partial charge in [0.2, 0.25) is 0 Å². The number of carboxylic acids is 1. The van der Waals surface area contributed by atoms with Gasteiger partial charge in [0.1, 0.15) is 11.6 Å². The second kappa shape index (κ2) is 9.49. The lowest BCUT2D eigenvalue weighted by Crippen LogP contribution is -2.36. The van der Waals surface area contributed by atoms with Gasteiger partial charge in [0, 0.05) is 36.1 Å². The van der Waals surface area contributed by atoms with Crippen molar-refractivity contribution in [3.05, 3.63) is 53.1 Å². The van der Waals surface area contributed by atoms with Gasteiger partial charge >= 0.3 is 5.97 Å². The summed E-state index contributed by atoms with van der Waals surface area (Å²) < 4.78 is 11.3. The predicted octanol–water partition coefficient (Wildman–Crippen LogP) is 2.75. The molecule has 1 saturated heterocycles. The molecule has 0 saturated carbocycles. The maximum Gasteiger partial charge on any atom is 0.330 e. The third-order valence-corrected chi connectivity index (χ3v) is 5.13. The smallest absolute Gasteiger partial charge is 0.330 e. The summed E-state index contributed by atoms with van der Waals surface area (Å²) in [6, 6.07) is 9.73. The van der Waals surface area contributed by atoms with Crippen molar-refractivity contribution >= 4 is 23.2 Å². The summed E-state index contributed by atoms with van der Waals surface area (Å²) in [4.78, 5) is 14.4. The number of nitrogen functional groups attached to an aromatic ring is 1. The Balaban J connectivity index is 1.98. The van der Waals surface area contributed by atoms with Gasteiger partial charge in [-0.1, -0.05) is 0 Å². The fourth-order valence-electron chi connectivity index (χ4n) is 3.49. The summed E-state index contributed by atoms with van der Waals surface area (Å²) in [7, 11) is 0. The second-order valence-corrected chi connectivity index (χ2v) is 7.10. The molecule has 160 valence electrons. The van der Waals surface area contributed by atoms with Gasteiger partial charge in [0.05, 0.1) is 19.8 Å². The Morgan fingerprint density at radius 1 is 1.30 bits per heavy atom. The number of nitrogens with two attached hydrogens (primary N) is 1. The van der Waals surface area contributed by atoms with Crippen molar-refractivity contribution < 1.29 is 19.4 Å². The maximum atomic E-state index is 12.2. The van der Waals surface area contributed by atoms with Gasteiger partial charge in [-0.15, -0.1) is 0 Å². The summed E-state index contributed by atoms with van der Waals surface area (Å²) in [6.45, 7) is 7.03. The molecule has 1 atom stereocenters. The molecule has 8 heteroatoms. The van der Waals surface area contributed by atoms with Crippen molar-refractivity contribution in [2.45, 2.75) is 19.9 Å². The van der Waals surface area contributed by atoms with Crippen molar-refractivity contribution in [1.82, 2.24) is 0 Å². The molecule has 0 radical (unpaired) electrons. The number of amidine groups is 1. The summed E-state index contributed by atoms with van der Waals surface area (Å²) in [5.74, 6) is -0.349. The highest BCUT2D eigenvalue weighted by Crippen LogP contribution is 2.34. The average molecular weight is 412 g/mol. The molecule has 1 aliphatic heterocycles. The van der Waals surface area contributed by atoms with Crippen LogP contribution in [-0.2, 0) is 9.53 Å². The van der Waals surface area contributed by atoms with Gasteiger partial charge in [-0.2, -0.15) is 0 Å². The Morgan fingerprint density at radius 3 is 2.53 bits per heavy atom. The molecule has 0 bridgehead atoms. The SMILES string of the molecule is CCOc1cc(N2CCOCC2)cc(C(Nc2ccc(C(=N)N)cc2)C(=O)O)c1C. The number of morpholine rings is 1. The summed E-state index contributed by atoms with van der Waals surface area (Å²) in [5.41, 5.74) is 9.05. The third-order valence-electron chi connectivity index (χ3n) is 5.13. The van der Waals surface area contributed by atoms with E-state index in [9.17, 15) is 9.90 Å². The van der Waals surface area contributed by atoms with E-state index in [4.69, 9.17) is 20.6 Å². The molecule has 1 heterocycles. The number of nitrogens with zero attached hydrogens (tertiary/aromatic N) is 1. The molecule has 30 heavy (non-hydrogen) atoms. The lowest BCUT2D eigenvalue weighted by molar-refractivity contribution is -0.138. The van der Waals surface area contributed by atoms with E-state index in [-0.39, 0.29) is 5.84 Å². The lowest BCUT2D eigenvalue weighted by atomic mass is 9.98. The number of ether oxygens (including phenoxy) is 2. The molecule has 8 nitrogen and oxygen atoms in total. The Morgan fingerprint density at radius 2 is 1.97 bits per heavy atom. The number of nitrogens with one attached hydrogen (secondary N) is 2. The first-order valence-corrected chi connectivity index (χ1v) is 9.94. The van der Waals surface area contributed by atoms with Crippen LogP contribution in [0.1, 0.15) is 29.7 Å². The summed E-state index contributed by atoms with van der Waals surface area (Å²) in [5, 5.41) is 20.6. The van der Waals surface area contributed by atoms with Crippen LogP contribution >= 0.6 is 0 Å². The van der Waals surface area contributed by atoms with Crippen LogP contribution < -0.4 is 20.7 Å². The van der Waals surface area contributed by atoms with E-state index in [0.29, 0.717) is 42.4 Å². The summed E-state index contributed by atoms with van der Waals surface area (Å²) in [6.07, 6.45) is 0. The number of hydrogen-bond acceptors (Lipinski definition) is 6. The molecular weight excluding hydrogens is 384 g/mol. The van der Waals surface area contributed by atoms with Crippen molar-refractivity contribution in [1.29, 1.82) is 5.41 Å². The zero-order valence-corrected chi connectivity index (χ0v) is 17.3. The zero-order chi connectivity index (χ0) is 21.7. The minimum atomic E-state index is -0.990. The maximum absolute atomic E-state index is 12.2. The van der Waals surface area contributed by atoms with E-state index in [2.05, 4.69) is 10.2 Å². The van der Waals surface area contributed by atoms with Crippen LogP contribution in [0.2, 0.25) is 0 Å². The highest BCUT2D eigenvalue weighted by Gasteiger charge is 2.25. The number of benzene rings is 2. The standard InChI is InChI=1S/C22H28N4O4/c1-3-30-19-13-17(26-8-10-29-11-9-26)12-18(14(19)2)20(22(27)28)25-16-6-4-15(5-7-16)21(23)24/h4-7,12-13,20,25H,3,8-11H2,1-2H3,(H3,23,24)(H,27,28). The first-order chi connectivity index (χ1) is 14.4. The summed E-state index contributed by atoms with van der Waals surface area (Å²) >= 11 is 0. The van der Waals surface area contributed by atoms with Gasteiger partial charge in [0.25, 0.3) is 0 Å². The van der Waals surface area contributed by atoms with E-state index in [1.165, 1.54) is 0 Å². The molecule has 2 aromatic carbocycles. The molecule has 2 aromatic rings. The zero-order valence-electron chi connectivity index (χ0n) is 17.3. The molecule has 1 fully saturated rings. The lowest BCUT2D eigenvalue weighted by Gasteiger charge is -2.31. The molecule has 0 amide bonds. The first kappa shape index (κ1) is 21.4. The van der Waals surface area contributed by atoms with E-state index in [0.717, 1.165) is 24.3 Å². The Kier molecular flexibility index (Phi) is 6.79. The largest absolute Gasteiger partial charge is 0.494 e. The molecule has 1 unspecified atom stereocenters. The number of carboxylic acid groups (broad SMARTS) is 1. The van der Waals surface area contributed by atoms with Gasteiger partial charge in [-0.3, -0.25) is 5.41 Å². The van der Waals surface area contributed by atoms with Crippen LogP contribution in [0.5, 0.6) is 5.75 Å². The number of hydrogen-bond donors (Lipinski definition) is 4. The molecule has 1 aliphatic rings. The van der Waals surface area contributed by atoms with E-state index < -0.39 is 12.0 Å². The van der Waals surface area contributed by atoms with Crippen LogP contribution in [-0.4, -0.2) is 49.8 Å². The predicted molar refractivity (Wildman–Crippen MR) is 117 cm³/mol. The van der Waals surface area contributed by atoms with Crippen LogP contribution in [0.4, 0.5) is 11.4 Å². The molecule has 0 spiro atoms. The van der Waals surface area contributed by atoms with Crippen LogP contribution in [0.25, 0.3) is 0 Å². The normalized spacial score (nSPS) is 14.8. The topological polar surface area (TPSA) is 121 Å². The quantitative estimate of drug-likeness (QED) is 0.389. The van der Waals surface area contributed by atoms with Crippen LogP contribution in [0.15, 0.2) is 36.4 Å². The van der Waals surface area contributed by atoms with Crippen molar-refractivity contribution in [3.63, 3.8) is 0 Å². The van der Waals surface area contributed by atoms with Crippen LogP contribution in [0.3, 0.4) is 0 Å². The van der Waals surface area contributed by atoms with Gasteiger partial charge in [-0.25, -0.2) is 4.79 Å². The first-order valence-electron chi connectivity index (χ1n) is 9.94. The van der Waals surface area contributed by atoms with Gasteiger partial charge < -0.3 is 30.5 Å². The molecular formula is C22H28N4O4. The fourth-order valence-corrected chi connectivity index (χ4v) is 3.49. The Hall–Kier alpha value is -3.26. The fraction of sp³-hybridized carbons (Fsp3) is 0.364. The molecule has 0 aromatic heterocycles. The monoisotopic (exact) mass is 412 g/mol. The van der Waals surface area contributed by atoms with Gasteiger partial charge in [-0.05, 0) is 55.3 Å². The van der Waals surface area contributed by atoms with Gasteiger partial charge in [0.15, 0.2) is 6.04 Å². The number of aliphatic carboxylic acids is 1. The molecule has 0 aliphatic carbocycles. The van der Waals surface area contributed by atoms with Crippen molar-refractivity contribution in [2.24, 2.45) is 5.73 Å². The van der Waals surface area contributed by atoms with E-state index in [1.54, 1.807) is 24.3 Å². The number of rotatable bonds is 8. The third kappa shape index (κ3) is 4.83. The Labute approximate surface area is 176 Å². The highest BCUT2D eigenvalue weighted by atomic mass is 16.5. The second-order valence-electron chi connectivity index (χ2n) is 7.10. The Bertz CT molecular complexity index is 908. The minimum Gasteiger partial charge on any atom is -0.494 e. The number of carbonyl (C=O) groups is 1. The van der Waals surface area contributed by atoms with E-state index in [1.807, 2.05) is 26.0 Å². The molecule has 5 N–H and O–H groups in total. The minimum absolute atomic E-state index is 0.0354.